The molecule has 0 spiro atoms. The summed E-state index contributed by atoms with van der Waals surface area (Å²) in [6.45, 7) is 9.55. The molecule has 0 aliphatic heterocycles. The van der Waals surface area contributed by atoms with Crippen LogP contribution in [0.3, 0.4) is 0 Å². The van der Waals surface area contributed by atoms with Gasteiger partial charge in [0.25, 0.3) is 0 Å². The number of rotatable bonds is 16. The molecule has 0 aromatic heterocycles. The first-order chi connectivity index (χ1) is 18.5. The van der Waals surface area contributed by atoms with E-state index in [4.69, 9.17) is 38.9 Å². The van der Waals surface area contributed by atoms with Gasteiger partial charge in [0.15, 0.2) is 11.5 Å². The minimum Gasteiger partial charge on any atom is -0.461 e. The van der Waals surface area contributed by atoms with E-state index in [2.05, 4.69) is 0 Å². The van der Waals surface area contributed by atoms with Crippen molar-refractivity contribution in [3.63, 3.8) is 0 Å². The highest BCUT2D eigenvalue weighted by Crippen LogP contribution is 2.30. The van der Waals surface area contributed by atoms with Gasteiger partial charge in [0.05, 0.1) is 19.8 Å². The Hall–Kier alpha value is -3.54. The van der Waals surface area contributed by atoms with Gasteiger partial charge in [-0.1, -0.05) is 46.6 Å². The second kappa shape index (κ2) is 18.7. The van der Waals surface area contributed by atoms with Gasteiger partial charge < -0.3 is 38.9 Å². The molecule has 0 bridgehead atoms. The number of hydrogen-bond acceptors (Lipinski definition) is 12. The maximum atomic E-state index is 12.4. The van der Waals surface area contributed by atoms with Crippen molar-refractivity contribution in [2.45, 2.75) is 78.9 Å². The average molecular weight is 556 g/mol. The van der Waals surface area contributed by atoms with Crippen molar-refractivity contribution in [1.82, 2.24) is 0 Å². The van der Waals surface area contributed by atoms with Crippen molar-refractivity contribution in [3.05, 3.63) is 23.8 Å². The zero-order valence-electron chi connectivity index (χ0n) is 23.4. The lowest BCUT2D eigenvalue weighted by Crippen LogP contribution is -2.36. The SMILES string of the molecule is CCCCOC(=O)Oc1ccc(C[C@H](N)C(=O)OC[C@H](C)OC(=O)OCC(C)C)cc1OC(=O)OCCCC. The summed E-state index contributed by atoms with van der Waals surface area (Å²) in [5.41, 5.74) is 6.48. The number of esters is 1. The van der Waals surface area contributed by atoms with Crippen LogP contribution in [0.4, 0.5) is 14.4 Å². The first-order valence-corrected chi connectivity index (χ1v) is 13.1. The zero-order chi connectivity index (χ0) is 29.2. The van der Waals surface area contributed by atoms with E-state index in [1.807, 2.05) is 27.7 Å². The Morgan fingerprint density at radius 1 is 0.769 bits per heavy atom. The molecule has 0 saturated carbocycles. The van der Waals surface area contributed by atoms with Crippen LogP contribution in [0.2, 0.25) is 0 Å². The molecule has 1 aromatic carbocycles. The molecule has 12 nitrogen and oxygen atoms in total. The molecule has 0 heterocycles. The molecule has 0 unspecified atom stereocenters. The van der Waals surface area contributed by atoms with Gasteiger partial charge in [-0.25, -0.2) is 14.4 Å². The highest BCUT2D eigenvalue weighted by atomic mass is 16.7. The summed E-state index contributed by atoms with van der Waals surface area (Å²) in [4.78, 5) is 48.1. The maximum absolute atomic E-state index is 12.4. The Bertz CT molecular complexity index is 919. The van der Waals surface area contributed by atoms with Crippen molar-refractivity contribution in [1.29, 1.82) is 0 Å². The van der Waals surface area contributed by atoms with Crippen LogP contribution in [-0.2, 0) is 34.9 Å². The Balaban J connectivity index is 2.78. The molecule has 1 rings (SSSR count). The number of nitrogens with two attached hydrogens (primary N) is 1. The van der Waals surface area contributed by atoms with Crippen LogP contribution in [0.25, 0.3) is 0 Å². The number of benzene rings is 1. The number of ether oxygens (including phenoxy) is 7. The monoisotopic (exact) mass is 555 g/mol. The van der Waals surface area contributed by atoms with Gasteiger partial charge in [-0.3, -0.25) is 4.79 Å². The molecule has 0 saturated heterocycles. The maximum Gasteiger partial charge on any atom is 0.513 e. The van der Waals surface area contributed by atoms with Gasteiger partial charge in [-0.05, 0) is 49.8 Å². The Labute approximate surface area is 229 Å². The minimum absolute atomic E-state index is 0.00691. The van der Waals surface area contributed by atoms with Crippen LogP contribution in [0.5, 0.6) is 11.5 Å². The lowest BCUT2D eigenvalue weighted by molar-refractivity contribution is -0.148. The normalized spacial score (nSPS) is 12.2. The fourth-order valence-corrected chi connectivity index (χ4v) is 2.79. The highest BCUT2D eigenvalue weighted by Gasteiger charge is 2.21. The van der Waals surface area contributed by atoms with E-state index in [0.717, 1.165) is 12.8 Å². The molecular weight excluding hydrogens is 514 g/mol. The number of hydrogen-bond donors (Lipinski definition) is 1. The summed E-state index contributed by atoms with van der Waals surface area (Å²) in [7, 11) is 0. The topological polar surface area (TPSA) is 159 Å². The van der Waals surface area contributed by atoms with Gasteiger partial charge in [0.2, 0.25) is 0 Å². The van der Waals surface area contributed by atoms with Crippen LogP contribution in [0.1, 0.15) is 65.9 Å². The smallest absolute Gasteiger partial charge is 0.461 e. The molecule has 220 valence electrons. The highest BCUT2D eigenvalue weighted by molar-refractivity contribution is 5.76. The van der Waals surface area contributed by atoms with E-state index < -0.39 is 36.6 Å². The van der Waals surface area contributed by atoms with E-state index in [0.29, 0.717) is 18.4 Å². The summed E-state index contributed by atoms with van der Waals surface area (Å²) in [6, 6.07) is 3.26. The van der Waals surface area contributed by atoms with Crippen molar-refractivity contribution >= 4 is 24.4 Å². The van der Waals surface area contributed by atoms with Gasteiger partial charge in [-0.2, -0.15) is 0 Å². The summed E-state index contributed by atoms with van der Waals surface area (Å²) >= 11 is 0. The molecule has 0 fully saturated rings. The molecule has 0 aliphatic carbocycles. The van der Waals surface area contributed by atoms with Crippen LogP contribution in [-0.4, -0.2) is 63.0 Å². The first kappa shape index (κ1) is 33.5. The summed E-state index contributed by atoms with van der Waals surface area (Å²) in [6.07, 6.45) is -0.542. The molecule has 1 aromatic rings. The molecule has 12 heteroatoms. The second-order valence-electron chi connectivity index (χ2n) is 9.21. The third-order valence-electron chi connectivity index (χ3n) is 4.88. The molecule has 39 heavy (non-hydrogen) atoms. The van der Waals surface area contributed by atoms with Gasteiger partial charge in [0, 0.05) is 0 Å². The number of carbonyl (C=O) groups is 4. The van der Waals surface area contributed by atoms with E-state index in [1.54, 1.807) is 13.0 Å². The quantitative estimate of drug-likeness (QED) is 0.127. The summed E-state index contributed by atoms with van der Waals surface area (Å²) in [5.74, 6) is -0.757. The Morgan fingerprint density at radius 3 is 1.92 bits per heavy atom. The molecule has 2 N–H and O–H groups in total. The van der Waals surface area contributed by atoms with Crippen molar-refractivity contribution < 1.29 is 52.3 Å². The third kappa shape index (κ3) is 14.8. The summed E-state index contributed by atoms with van der Waals surface area (Å²) in [5, 5.41) is 0. The fourth-order valence-electron chi connectivity index (χ4n) is 2.79. The molecule has 0 aliphatic rings. The zero-order valence-corrected chi connectivity index (χ0v) is 23.4. The average Bonchev–Trinajstić information content (AvgIpc) is 2.87. The van der Waals surface area contributed by atoms with Crippen LogP contribution in [0, 0.1) is 5.92 Å². The fraction of sp³-hybridized carbons (Fsp3) is 0.630. The standard InChI is InChI=1S/C27H41NO11/c1-6-8-12-33-25(30)38-22-11-10-20(15-23(22)39-26(31)34-13-9-7-2)14-21(28)24(29)35-17-19(5)37-27(32)36-16-18(3)4/h10-11,15,18-19,21H,6-9,12-14,16-17,28H2,1-5H3/t19-,21-/m0/s1. The number of carbonyl (C=O) groups excluding carboxylic acids is 4. The molecular formula is C27H41NO11. The van der Waals surface area contributed by atoms with Gasteiger partial charge in [-0.15, -0.1) is 0 Å². The Morgan fingerprint density at radius 2 is 1.36 bits per heavy atom. The van der Waals surface area contributed by atoms with Gasteiger partial charge in [0.1, 0.15) is 18.8 Å². The summed E-state index contributed by atoms with van der Waals surface area (Å²) < 4.78 is 35.5. The number of unbranched alkanes of at least 4 members (excludes halogenated alkanes) is 2. The van der Waals surface area contributed by atoms with Crippen LogP contribution < -0.4 is 15.2 Å². The Kier molecular flexibility index (Phi) is 16.0. The van der Waals surface area contributed by atoms with Crippen LogP contribution in [0.15, 0.2) is 18.2 Å². The third-order valence-corrected chi connectivity index (χ3v) is 4.88. The predicted octanol–water partition coefficient (Wildman–Crippen LogP) is 4.93. The van der Waals surface area contributed by atoms with Crippen LogP contribution >= 0.6 is 0 Å². The van der Waals surface area contributed by atoms with E-state index in [1.165, 1.54) is 12.1 Å². The van der Waals surface area contributed by atoms with E-state index in [-0.39, 0.29) is 50.3 Å². The predicted molar refractivity (Wildman–Crippen MR) is 140 cm³/mol. The first-order valence-electron chi connectivity index (χ1n) is 13.1. The van der Waals surface area contributed by atoms with Crippen molar-refractivity contribution in [3.8, 4) is 11.5 Å². The van der Waals surface area contributed by atoms with E-state index >= 15 is 0 Å². The molecule has 0 radical (unpaired) electrons. The minimum atomic E-state index is -1.08. The molecule has 0 amide bonds. The lowest BCUT2D eigenvalue weighted by atomic mass is 10.1. The van der Waals surface area contributed by atoms with Gasteiger partial charge >= 0.3 is 24.4 Å². The van der Waals surface area contributed by atoms with E-state index in [9.17, 15) is 19.2 Å². The molecule has 2 atom stereocenters. The largest absolute Gasteiger partial charge is 0.513 e. The second-order valence-corrected chi connectivity index (χ2v) is 9.21. The van der Waals surface area contributed by atoms with Crippen molar-refractivity contribution in [2.24, 2.45) is 11.7 Å². The van der Waals surface area contributed by atoms with Crippen molar-refractivity contribution in [2.75, 3.05) is 26.4 Å². The lowest BCUT2D eigenvalue weighted by Gasteiger charge is -2.17.